The standard InChI is InChI=1S/C15H19NOS/c1-10(2)13(8-17)15-16-14(9-18-15)12-6-4-11(3)5-7-12/h4-7,9-10,13,17H,8H2,1-3H3. The number of aliphatic hydroxyl groups excluding tert-OH is 1. The van der Waals surface area contributed by atoms with Gasteiger partial charge in [-0.1, -0.05) is 43.7 Å². The summed E-state index contributed by atoms with van der Waals surface area (Å²) in [5, 5.41) is 12.5. The van der Waals surface area contributed by atoms with Crippen LogP contribution >= 0.6 is 11.3 Å². The summed E-state index contributed by atoms with van der Waals surface area (Å²) in [5.41, 5.74) is 3.40. The van der Waals surface area contributed by atoms with Gasteiger partial charge in [-0.3, -0.25) is 0 Å². The van der Waals surface area contributed by atoms with Gasteiger partial charge in [-0.2, -0.15) is 0 Å². The molecule has 2 nitrogen and oxygen atoms in total. The largest absolute Gasteiger partial charge is 0.396 e. The van der Waals surface area contributed by atoms with Gasteiger partial charge in [0, 0.05) is 16.9 Å². The molecule has 0 bridgehead atoms. The zero-order chi connectivity index (χ0) is 13.1. The van der Waals surface area contributed by atoms with Gasteiger partial charge in [0.1, 0.15) is 0 Å². The SMILES string of the molecule is Cc1ccc(-c2csc(C(CO)C(C)C)n2)cc1. The molecule has 1 unspecified atom stereocenters. The minimum absolute atomic E-state index is 0.147. The van der Waals surface area contributed by atoms with Crippen LogP contribution in [0.1, 0.15) is 30.3 Å². The van der Waals surface area contributed by atoms with Crippen LogP contribution in [0.3, 0.4) is 0 Å². The molecule has 0 aliphatic carbocycles. The molecule has 1 atom stereocenters. The third-order valence-corrected chi connectivity index (χ3v) is 4.16. The number of aryl methyl sites for hydroxylation is 1. The van der Waals surface area contributed by atoms with Crippen LogP contribution < -0.4 is 0 Å². The lowest BCUT2D eigenvalue weighted by Gasteiger charge is -2.14. The summed E-state index contributed by atoms with van der Waals surface area (Å²) >= 11 is 1.64. The minimum Gasteiger partial charge on any atom is -0.396 e. The van der Waals surface area contributed by atoms with E-state index >= 15 is 0 Å². The first-order valence-electron chi connectivity index (χ1n) is 6.25. The quantitative estimate of drug-likeness (QED) is 0.906. The fourth-order valence-corrected chi connectivity index (χ4v) is 2.98. The highest BCUT2D eigenvalue weighted by Crippen LogP contribution is 2.30. The van der Waals surface area contributed by atoms with E-state index < -0.39 is 0 Å². The van der Waals surface area contributed by atoms with Crippen LogP contribution in [0, 0.1) is 12.8 Å². The molecule has 1 N–H and O–H groups in total. The molecule has 1 aromatic carbocycles. The van der Waals surface area contributed by atoms with Crippen molar-refractivity contribution in [1.82, 2.24) is 4.98 Å². The smallest absolute Gasteiger partial charge is 0.0989 e. The molecule has 0 radical (unpaired) electrons. The van der Waals surface area contributed by atoms with Crippen LogP contribution in [0.5, 0.6) is 0 Å². The van der Waals surface area contributed by atoms with E-state index in [1.54, 1.807) is 11.3 Å². The number of aliphatic hydroxyl groups is 1. The molecule has 0 spiro atoms. The van der Waals surface area contributed by atoms with Crippen molar-refractivity contribution in [2.45, 2.75) is 26.7 Å². The average Bonchev–Trinajstić information content (AvgIpc) is 2.80. The second kappa shape index (κ2) is 5.63. The number of aromatic nitrogens is 1. The summed E-state index contributed by atoms with van der Waals surface area (Å²) in [4.78, 5) is 4.66. The Bertz CT molecular complexity index is 501. The first-order chi connectivity index (χ1) is 8.61. The van der Waals surface area contributed by atoms with Crippen LogP contribution in [0.25, 0.3) is 11.3 Å². The highest BCUT2D eigenvalue weighted by Gasteiger charge is 2.18. The van der Waals surface area contributed by atoms with Gasteiger partial charge in [0.2, 0.25) is 0 Å². The van der Waals surface area contributed by atoms with Gasteiger partial charge in [-0.05, 0) is 12.8 Å². The molecule has 96 valence electrons. The zero-order valence-corrected chi connectivity index (χ0v) is 11.9. The Labute approximate surface area is 112 Å². The molecule has 0 saturated carbocycles. The van der Waals surface area contributed by atoms with Crippen LogP contribution in [0.4, 0.5) is 0 Å². The fraction of sp³-hybridized carbons (Fsp3) is 0.400. The topological polar surface area (TPSA) is 33.1 Å². The average molecular weight is 261 g/mol. The summed E-state index contributed by atoms with van der Waals surface area (Å²) in [6.07, 6.45) is 0. The first-order valence-corrected chi connectivity index (χ1v) is 7.13. The lowest BCUT2D eigenvalue weighted by atomic mass is 9.98. The predicted octanol–water partition coefficient (Wildman–Crippen LogP) is 3.85. The molecule has 18 heavy (non-hydrogen) atoms. The van der Waals surface area contributed by atoms with Crippen molar-refractivity contribution in [3.05, 3.63) is 40.2 Å². The summed E-state index contributed by atoms with van der Waals surface area (Å²) in [5.74, 6) is 0.557. The van der Waals surface area contributed by atoms with E-state index in [1.807, 2.05) is 0 Å². The number of benzene rings is 1. The Hall–Kier alpha value is -1.19. The second-order valence-electron chi connectivity index (χ2n) is 4.97. The van der Waals surface area contributed by atoms with Gasteiger partial charge in [0.15, 0.2) is 0 Å². The minimum atomic E-state index is 0.147. The molecule has 1 heterocycles. The van der Waals surface area contributed by atoms with Crippen molar-refractivity contribution in [2.75, 3.05) is 6.61 Å². The van der Waals surface area contributed by atoms with Gasteiger partial charge in [-0.25, -0.2) is 4.98 Å². The highest BCUT2D eigenvalue weighted by molar-refractivity contribution is 7.10. The van der Waals surface area contributed by atoms with Crippen molar-refractivity contribution in [1.29, 1.82) is 0 Å². The molecular weight excluding hydrogens is 242 g/mol. The van der Waals surface area contributed by atoms with E-state index in [4.69, 9.17) is 0 Å². The molecule has 0 aliphatic rings. The Morgan fingerprint density at radius 1 is 1.22 bits per heavy atom. The number of hydrogen-bond donors (Lipinski definition) is 1. The third kappa shape index (κ3) is 2.79. The first kappa shape index (κ1) is 13.2. The Balaban J connectivity index is 2.27. The normalized spacial score (nSPS) is 12.9. The highest BCUT2D eigenvalue weighted by atomic mass is 32.1. The van der Waals surface area contributed by atoms with E-state index in [0.717, 1.165) is 16.3 Å². The van der Waals surface area contributed by atoms with Crippen molar-refractivity contribution >= 4 is 11.3 Å². The number of rotatable bonds is 4. The molecule has 0 aliphatic heterocycles. The van der Waals surface area contributed by atoms with Crippen molar-refractivity contribution in [3.63, 3.8) is 0 Å². The summed E-state index contributed by atoms with van der Waals surface area (Å²) in [6.45, 7) is 6.48. The summed E-state index contributed by atoms with van der Waals surface area (Å²) < 4.78 is 0. The molecule has 2 aromatic rings. The Morgan fingerprint density at radius 3 is 2.44 bits per heavy atom. The third-order valence-electron chi connectivity index (χ3n) is 3.19. The van der Waals surface area contributed by atoms with E-state index in [-0.39, 0.29) is 12.5 Å². The number of hydrogen-bond acceptors (Lipinski definition) is 3. The lowest BCUT2D eigenvalue weighted by Crippen LogP contribution is -2.10. The maximum Gasteiger partial charge on any atom is 0.0989 e. The van der Waals surface area contributed by atoms with Gasteiger partial charge in [0.25, 0.3) is 0 Å². The Kier molecular flexibility index (Phi) is 4.15. The number of nitrogens with zero attached hydrogens (tertiary/aromatic N) is 1. The molecule has 1 aromatic heterocycles. The monoisotopic (exact) mass is 261 g/mol. The maximum atomic E-state index is 9.43. The maximum absolute atomic E-state index is 9.43. The van der Waals surface area contributed by atoms with E-state index in [2.05, 4.69) is 55.4 Å². The van der Waals surface area contributed by atoms with E-state index in [0.29, 0.717) is 5.92 Å². The lowest BCUT2D eigenvalue weighted by molar-refractivity contribution is 0.237. The van der Waals surface area contributed by atoms with Crippen molar-refractivity contribution < 1.29 is 5.11 Å². The fourth-order valence-electron chi connectivity index (χ4n) is 1.89. The molecule has 3 heteroatoms. The van der Waals surface area contributed by atoms with Gasteiger partial charge >= 0.3 is 0 Å². The van der Waals surface area contributed by atoms with Crippen molar-refractivity contribution in [2.24, 2.45) is 5.92 Å². The van der Waals surface area contributed by atoms with Crippen LogP contribution in [0.15, 0.2) is 29.6 Å². The predicted molar refractivity (Wildman–Crippen MR) is 77.0 cm³/mol. The number of thiazole rings is 1. The van der Waals surface area contributed by atoms with Crippen LogP contribution in [-0.4, -0.2) is 16.7 Å². The summed E-state index contributed by atoms with van der Waals surface area (Å²) in [7, 11) is 0. The van der Waals surface area contributed by atoms with E-state index in [1.165, 1.54) is 5.56 Å². The molecule has 0 fully saturated rings. The molecular formula is C15H19NOS. The second-order valence-corrected chi connectivity index (χ2v) is 5.86. The van der Waals surface area contributed by atoms with E-state index in [9.17, 15) is 5.11 Å². The zero-order valence-electron chi connectivity index (χ0n) is 11.1. The van der Waals surface area contributed by atoms with Gasteiger partial charge in [-0.15, -0.1) is 11.3 Å². The van der Waals surface area contributed by atoms with Gasteiger partial charge in [0.05, 0.1) is 17.3 Å². The van der Waals surface area contributed by atoms with Crippen LogP contribution in [-0.2, 0) is 0 Å². The van der Waals surface area contributed by atoms with Gasteiger partial charge < -0.3 is 5.11 Å². The summed E-state index contributed by atoms with van der Waals surface area (Å²) in [6, 6.07) is 8.38. The molecule has 0 saturated heterocycles. The van der Waals surface area contributed by atoms with Crippen LogP contribution in [0.2, 0.25) is 0 Å². The molecule has 0 amide bonds. The van der Waals surface area contributed by atoms with Crippen molar-refractivity contribution in [3.8, 4) is 11.3 Å². The molecule has 2 rings (SSSR count). The Morgan fingerprint density at radius 2 is 1.89 bits per heavy atom.